The number of nitrogens with zero attached hydrogens (tertiary/aromatic N) is 2. The fourth-order valence-electron chi connectivity index (χ4n) is 2.98. The zero-order valence-electron chi connectivity index (χ0n) is 15.1. The molecule has 26 heavy (non-hydrogen) atoms. The Hall–Kier alpha value is -3.00. The van der Waals surface area contributed by atoms with Crippen LogP contribution in [0.2, 0.25) is 0 Å². The number of aliphatic carboxylic acids is 1. The summed E-state index contributed by atoms with van der Waals surface area (Å²) in [5, 5.41) is 19.0. The average Bonchev–Trinajstić information content (AvgIpc) is 2.66. The highest BCUT2D eigenvalue weighted by molar-refractivity contribution is 5.88. The van der Waals surface area contributed by atoms with E-state index in [1.165, 1.54) is 0 Å². The zero-order chi connectivity index (χ0) is 18.9. The van der Waals surface area contributed by atoms with Crippen LogP contribution < -0.4 is 5.73 Å². The van der Waals surface area contributed by atoms with Crippen molar-refractivity contribution in [2.45, 2.75) is 32.6 Å². The van der Waals surface area contributed by atoms with Crippen molar-refractivity contribution >= 4 is 11.7 Å². The summed E-state index contributed by atoms with van der Waals surface area (Å²) in [5.41, 5.74) is 8.97. The molecule has 5 nitrogen and oxygen atoms in total. The van der Waals surface area contributed by atoms with E-state index in [2.05, 4.69) is 13.0 Å². The minimum atomic E-state index is -0.985. The standard InChI is InChI=1S/C21H25N3O2/c1-2-3-4-11-19(23)18(21(25)26)15-24-13-8-7-12-20(24)17-10-6-5-9-16(17)14-22/h5-10,12H,2-4,11,13,15,23H2,1H3,(H,25,26)/b19-18-. The Morgan fingerprint density at radius 2 is 2.12 bits per heavy atom. The number of benzene rings is 1. The third-order valence-corrected chi connectivity index (χ3v) is 4.42. The average molecular weight is 351 g/mol. The molecule has 0 amide bonds. The molecule has 1 heterocycles. The second-order valence-electron chi connectivity index (χ2n) is 6.28. The molecule has 0 aliphatic carbocycles. The molecule has 0 radical (unpaired) electrons. The molecule has 1 aliphatic rings. The van der Waals surface area contributed by atoms with Crippen LogP contribution >= 0.6 is 0 Å². The Kier molecular flexibility index (Phi) is 7.04. The maximum absolute atomic E-state index is 11.8. The van der Waals surface area contributed by atoms with Crippen molar-refractivity contribution in [3.63, 3.8) is 0 Å². The number of carboxylic acids is 1. The van der Waals surface area contributed by atoms with E-state index in [-0.39, 0.29) is 12.1 Å². The lowest BCUT2D eigenvalue weighted by molar-refractivity contribution is -0.132. The molecule has 136 valence electrons. The molecule has 1 aliphatic heterocycles. The number of rotatable bonds is 8. The lowest BCUT2D eigenvalue weighted by Gasteiger charge is -2.29. The monoisotopic (exact) mass is 351 g/mol. The van der Waals surface area contributed by atoms with Gasteiger partial charge in [-0.05, 0) is 25.0 Å². The Morgan fingerprint density at radius 3 is 2.81 bits per heavy atom. The minimum Gasteiger partial charge on any atom is -0.478 e. The Morgan fingerprint density at radius 1 is 1.35 bits per heavy atom. The van der Waals surface area contributed by atoms with Crippen LogP contribution in [0.3, 0.4) is 0 Å². The maximum Gasteiger partial charge on any atom is 0.335 e. The quantitative estimate of drug-likeness (QED) is 0.551. The van der Waals surface area contributed by atoms with Gasteiger partial charge in [0.2, 0.25) is 0 Å². The fraction of sp³-hybridized carbons (Fsp3) is 0.333. The molecule has 0 spiro atoms. The first-order chi connectivity index (χ1) is 12.6. The van der Waals surface area contributed by atoms with Gasteiger partial charge in [0, 0.05) is 23.5 Å². The molecule has 0 saturated heterocycles. The van der Waals surface area contributed by atoms with Gasteiger partial charge in [0.05, 0.1) is 23.8 Å². The molecule has 5 heteroatoms. The van der Waals surface area contributed by atoms with Crippen LogP contribution in [0, 0.1) is 11.3 Å². The van der Waals surface area contributed by atoms with Crippen molar-refractivity contribution in [1.29, 1.82) is 5.26 Å². The number of carbonyl (C=O) groups is 1. The second-order valence-corrected chi connectivity index (χ2v) is 6.28. The van der Waals surface area contributed by atoms with Crippen molar-refractivity contribution in [2.75, 3.05) is 13.1 Å². The summed E-state index contributed by atoms with van der Waals surface area (Å²) < 4.78 is 0. The predicted octanol–water partition coefficient (Wildman–Crippen LogP) is 3.65. The third kappa shape index (κ3) is 4.76. The van der Waals surface area contributed by atoms with E-state index >= 15 is 0 Å². The highest BCUT2D eigenvalue weighted by atomic mass is 16.4. The van der Waals surface area contributed by atoms with E-state index in [0.29, 0.717) is 24.2 Å². The van der Waals surface area contributed by atoms with Crippen molar-refractivity contribution in [3.8, 4) is 6.07 Å². The first-order valence-electron chi connectivity index (χ1n) is 8.90. The summed E-state index contributed by atoms with van der Waals surface area (Å²) in [4.78, 5) is 13.7. The number of hydrogen-bond donors (Lipinski definition) is 2. The topological polar surface area (TPSA) is 90.4 Å². The van der Waals surface area contributed by atoms with Gasteiger partial charge >= 0.3 is 5.97 Å². The normalized spacial score (nSPS) is 14.5. The predicted molar refractivity (Wildman–Crippen MR) is 103 cm³/mol. The van der Waals surface area contributed by atoms with Gasteiger partial charge in [-0.2, -0.15) is 5.26 Å². The molecule has 0 aromatic heterocycles. The van der Waals surface area contributed by atoms with E-state index in [1.54, 1.807) is 6.07 Å². The summed E-state index contributed by atoms with van der Waals surface area (Å²) in [6.45, 7) is 2.88. The molecule has 0 saturated carbocycles. The lowest BCUT2D eigenvalue weighted by Crippen LogP contribution is -2.30. The number of nitriles is 1. The smallest absolute Gasteiger partial charge is 0.335 e. The molecule has 0 fully saturated rings. The van der Waals surface area contributed by atoms with Crippen LogP contribution in [0.4, 0.5) is 0 Å². The van der Waals surface area contributed by atoms with Crippen molar-refractivity contribution in [2.24, 2.45) is 5.73 Å². The van der Waals surface area contributed by atoms with Gasteiger partial charge in [-0.25, -0.2) is 4.79 Å². The molecule has 0 bridgehead atoms. The van der Waals surface area contributed by atoms with Gasteiger partial charge in [0.15, 0.2) is 0 Å². The van der Waals surface area contributed by atoms with Gasteiger partial charge in [-0.1, -0.05) is 50.1 Å². The number of hydrogen-bond acceptors (Lipinski definition) is 4. The first kappa shape index (κ1) is 19.3. The Bertz CT molecular complexity index is 785. The van der Waals surface area contributed by atoms with Gasteiger partial charge in [0.25, 0.3) is 0 Å². The molecule has 0 unspecified atom stereocenters. The Labute approximate surface area is 154 Å². The summed E-state index contributed by atoms with van der Waals surface area (Å²) in [7, 11) is 0. The van der Waals surface area contributed by atoms with Crippen LogP contribution in [0.15, 0.2) is 53.8 Å². The van der Waals surface area contributed by atoms with Gasteiger partial charge < -0.3 is 15.7 Å². The summed E-state index contributed by atoms with van der Waals surface area (Å²) in [6, 6.07) is 9.54. The second kappa shape index (κ2) is 9.47. The van der Waals surface area contributed by atoms with E-state index < -0.39 is 5.97 Å². The Balaban J connectivity index is 2.29. The van der Waals surface area contributed by atoms with E-state index in [9.17, 15) is 15.2 Å². The molecular formula is C21H25N3O2. The summed E-state index contributed by atoms with van der Waals surface area (Å²) in [6.07, 6.45) is 9.36. The van der Waals surface area contributed by atoms with Crippen molar-refractivity contribution < 1.29 is 9.90 Å². The zero-order valence-corrected chi connectivity index (χ0v) is 15.1. The van der Waals surface area contributed by atoms with Crippen LogP contribution in [0.25, 0.3) is 5.70 Å². The van der Waals surface area contributed by atoms with Crippen LogP contribution in [-0.4, -0.2) is 29.1 Å². The van der Waals surface area contributed by atoms with Crippen molar-refractivity contribution in [3.05, 3.63) is 64.9 Å². The van der Waals surface area contributed by atoms with E-state index in [4.69, 9.17) is 5.73 Å². The van der Waals surface area contributed by atoms with Gasteiger partial charge in [0.1, 0.15) is 0 Å². The van der Waals surface area contributed by atoms with Crippen LogP contribution in [0.5, 0.6) is 0 Å². The minimum absolute atomic E-state index is 0.212. The molecular weight excluding hydrogens is 326 g/mol. The van der Waals surface area contributed by atoms with Gasteiger partial charge in [-0.15, -0.1) is 0 Å². The van der Waals surface area contributed by atoms with Crippen LogP contribution in [-0.2, 0) is 4.79 Å². The molecule has 1 aromatic carbocycles. The van der Waals surface area contributed by atoms with Crippen LogP contribution in [0.1, 0.15) is 43.7 Å². The molecule has 2 rings (SSSR count). The van der Waals surface area contributed by atoms with Crippen molar-refractivity contribution in [1.82, 2.24) is 4.90 Å². The first-order valence-corrected chi connectivity index (χ1v) is 8.90. The molecule has 1 aromatic rings. The molecule has 3 N–H and O–H groups in total. The summed E-state index contributed by atoms with van der Waals surface area (Å²) >= 11 is 0. The van der Waals surface area contributed by atoms with E-state index in [0.717, 1.165) is 30.5 Å². The largest absolute Gasteiger partial charge is 0.478 e. The third-order valence-electron chi connectivity index (χ3n) is 4.42. The SMILES string of the molecule is CCCCC/C(N)=C(\CN1CC=CC=C1c1ccccc1C#N)C(=O)O. The highest BCUT2D eigenvalue weighted by Crippen LogP contribution is 2.26. The number of unbranched alkanes of at least 4 members (excludes halogenated alkanes) is 2. The summed E-state index contributed by atoms with van der Waals surface area (Å²) in [5.74, 6) is -0.985. The molecule has 0 atom stereocenters. The fourth-order valence-corrected chi connectivity index (χ4v) is 2.98. The van der Waals surface area contributed by atoms with E-state index in [1.807, 2.05) is 41.3 Å². The number of carboxylic acid groups (broad SMARTS) is 1. The number of allylic oxidation sites excluding steroid dienone is 3. The highest BCUT2D eigenvalue weighted by Gasteiger charge is 2.21. The maximum atomic E-state index is 11.8. The number of nitrogens with two attached hydrogens (primary N) is 1. The van der Waals surface area contributed by atoms with Gasteiger partial charge in [-0.3, -0.25) is 0 Å². The lowest BCUT2D eigenvalue weighted by atomic mass is 10.0.